The van der Waals surface area contributed by atoms with Crippen LogP contribution in [0.4, 0.5) is 0 Å². The molecule has 0 fully saturated rings. The van der Waals surface area contributed by atoms with Gasteiger partial charge in [-0.2, -0.15) is 0 Å². The Morgan fingerprint density at radius 2 is 2.05 bits per heavy atom. The second kappa shape index (κ2) is 4.86. The lowest BCUT2D eigenvalue weighted by molar-refractivity contribution is 0.631. The molecule has 0 amide bonds. The van der Waals surface area contributed by atoms with Gasteiger partial charge in [-0.25, -0.2) is 0 Å². The van der Waals surface area contributed by atoms with E-state index in [4.69, 9.17) is 4.42 Å². The fourth-order valence-electron chi connectivity index (χ4n) is 2.23. The first-order valence-corrected chi connectivity index (χ1v) is 6.35. The van der Waals surface area contributed by atoms with Gasteiger partial charge in [0, 0.05) is 29.9 Å². The summed E-state index contributed by atoms with van der Waals surface area (Å²) in [6.45, 7) is 2.89. The fraction of sp³-hybridized carbons (Fsp3) is 0.188. The molecule has 0 spiro atoms. The van der Waals surface area contributed by atoms with E-state index in [1.807, 2.05) is 25.5 Å². The van der Waals surface area contributed by atoms with Crippen molar-refractivity contribution < 1.29 is 4.42 Å². The Bertz CT molecular complexity index is 716. The summed E-state index contributed by atoms with van der Waals surface area (Å²) in [6, 6.07) is 10.4. The molecule has 19 heavy (non-hydrogen) atoms. The molecule has 3 rings (SSSR count). The van der Waals surface area contributed by atoms with Crippen molar-refractivity contribution in [3.8, 4) is 11.3 Å². The molecular weight excluding hydrogens is 236 g/mol. The van der Waals surface area contributed by atoms with Gasteiger partial charge >= 0.3 is 0 Å². The molecule has 0 aliphatic carbocycles. The standard InChI is InChI=1S/C16H16N2O/c1-11-3-4-15-13(5-11)7-16(19-15)14-6-12(8-17-2)9-18-10-14/h3-7,9-10,17H,8H2,1-2H3. The number of furan rings is 1. The zero-order valence-electron chi connectivity index (χ0n) is 11.1. The van der Waals surface area contributed by atoms with Crippen LogP contribution in [0.25, 0.3) is 22.3 Å². The summed E-state index contributed by atoms with van der Waals surface area (Å²) in [5.74, 6) is 0.867. The number of hydrogen-bond donors (Lipinski definition) is 1. The van der Waals surface area contributed by atoms with E-state index >= 15 is 0 Å². The maximum Gasteiger partial charge on any atom is 0.136 e. The van der Waals surface area contributed by atoms with Crippen LogP contribution in [0, 0.1) is 6.92 Å². The Morgan fingerprint density at radius 3 is 2.89 bits per heavy atom. The first-order chi connectivity index (χ1) is 9.26. The summed E-state index contributed by atoms with van der Waals surface area (Å²) in [5.41, 5.74) is 4.32. The summed E-state index contributed by atoms with van der Waals surface area (Å²) in [5, 5.41) is 4.26. The number of pyridine rings is 1. The van der Waals surface area contributed by atoms with E-state index in [0.29, 0.717) is 0 Å². The molecule has 3 aromatic rings. The molecule has 1 aromatic carbocycles. The van der Waals surface area contributed by atoms with Crippen LogP contribution in [-0.2, 0) is 6.54 Å². The summed E-state index contributed by atoms with van der Waals surface area (Å²) >= 11 is 0. The van der Waals surface area contributed by atoms with Crippen molar-refractivity contribution in [2.45, 2.75) is 13.5 Å². The van der Waals surface area contributed by atoms with Gasteiger partial charge in [-0.05, 0) is 43.8 Å². The zero-order chi connectivity index (χ0) is 13.2. The highest BCUT2D eigenvalue weighted by Gasteiger charge is 2.07. The number of nitrogens with one attached hydrogen (secondary N) is 1. The monoisotopic (exact) mass is 252 g/mol. The van der Waals surface area contributed by atoms with E-state index in [1.165, 1.54) is 5.56 Å². The molecule has 0 saturated heterocycles. The number of rotatable bonds is 3. The van der Waals surface area contributed by atoms with Crippen LogP contribution in [0.15, 0.2) is 47.1 Å². The lowest BCUT2D eigenvalue weighted by Crippen LogP contribution is -2.05. The van der Waals surface area contributed by atoms with Crippen molar-refractivity contribution in [2.24, 2.45) is 0 Å². The zero-order valence-corrected chi connectivity index (χ0v) is 11.1. The third kappa shape index (κ3) is 2.37. The molecular formula is C16H16N2O. The average Bonchev–Trinajstić information content (AvgIpc) is 2.82. The molecule has 0 atom stereocenters. The number of aryl methyl sites for hydroxylation is 1. The number of aromatic nitrogens is 1. The van der Waals surface area contributed by atoms with Crippen LogP contribution >= 0.6 is 0 Å². The maximum atomic E-state index is 5.88. The molecule has 0 unspecified atom stereocenters. The Balaban J connectivity index is 2.05. The van der Waals surface area contributed by atoms with E-state index < -0.39 is 0 Å². The lowest BCUT2D eigenvalue weighted by Gasteiger charge is -2.01. The van der Waals surface area contributed by atoms with Crippen LogP contribution in [0.5, 0.6) is 0 Å². The summed E-state index contributed by atoms with van der Waals surface area (Å²) in [4.78, 5) is 4.27. The van der Waals surface area contributed by atoms with E-state index in [0.717, 1.165) is 34.4 Å². The summed E-state index contributed by atoms with van der Waals surface area (Å²) in [7, 11) is 1.93. The third-order valence-electron chi connectivity index (χ3n) is 3.13. The van der Waals surface area contributed by atoms with Gasteiger partial charge in [0.2, 0.25) is 0 Å². The molecule has 0 bridgehead atoms. The fourth-order valence-corrected chi connectivity index (χ4v) is 2.23. The van der Waals surface area contributed by atoms with Crippen molar-refractivity contribution in [3.05, 3.63) is 53.9 Å². The Morgan fingerprint density at radius 1 is 1.16 bits per heavy atom. The van der Waals surface area contributed by atoms with E-state index in [1.54, 1.807) is 0 Å². The Labute approximate surface area is 112 Å². The SMILES string of the molecule is CNCc1cncc(-c2cc3cc(C)ccc3o2)c1. The van der Waals surface area contributed by atoms with E-state index in [-0.39, 0.29) is 0 Å². The van der Waals surface area contributed by atoms with Crippen molar-refractivity contribution in [3.63, 3.8) is 0 Å². The normalized spacial score (nSPS) is 11.1. The Kier molecular flexibility index (Phi) is 3.05. The molecule has 3 nitrogen and oxygen atoms in total. The van der Waals surface area contributed by atoms with Gasteiger partial charge < -0.3 is 9.73 Å². The predicted molar refractivity (Wildman–Crippen MR) is 76.9 cm³/mol. The van der Waals surface area contributed by atoms with Crippen LogP contribution in [0.3, 0.4) is 0 Å². The van der Waals surface area contributed by atoms with Crippen molar-refractivity contribution in [1.29, 1.82) is 0 Å². The lowest BCUT2D eigenvalue weighted by atomic mass is 10.1. The molecule has 0 radical (unpaired) electrons. The number of hydrogen-bond acceptors (Lipinski definition) is 3. The summed E-state index contributed by atoms with van der Waals surface area (Å²) < 4.78 is 5.88. The van der Waals surface area contributed by atoms with Gasteiger partial charge in [0.25, 0.3) is 0 Å². The van der Waals surface area contributed by atoms with Crippen LogP contribution in [-0.4, -0.2) is 12.0 Å². The van der Waals surface area contributed by atoms with Crippen LogP contribution < -0.4 is 5.32 Å². The van der Waals surface area contributed by atoms with Crippen LogP contribution in [0.1, 0.15) is 11.1 Å². The molecule has 0 saturated carbocycles. The Hall–Kier alpha value is -2.13. The topological polar surface area (TPSA) is 38.1 Å². The quantitative estimate of drug-likeness (QED) is 0.775. The van der Waals surface area contributed by atoms with Crippen LogP contribution in [0.2, 0.25) is 0 Å². The minimum absolute atomic E-state index is 0.806. The van der Waals surface area contributed by atoms with Gasteiger partial charge in [-0.1, -0.05) is 11.6 Å². The van der Waals surface area contributed by atoms with Crippen molar-refractivity contribution in [2.75, 3.05) is 7.05 Å². The molecule has 3 heteroatoms. The molecule has 2 aromatic heterocycles. The smallest absolute Gasteiger partial charge is 0.136 e. The first kappa shape index (κ1) is 11.9. The van der Waals surface area contributed by atoms with Crippen molar-refractivity contribution in [1.82, 2.24) is 10.3 Å². The number of benzene rings is 1. The predicted octanol–water partition coefficient (Wildman–Crippen LogP) is 3.52. The maximum absolute atomic E-state index is 5.88. The van der Waals surface area contributed by atoms with E-state index in [9.17, 15) is 0 Å². The average molecular weight is 252 g/mol. The van der Waals surface area contributed by atoms with E-state index in [2.05, 4.69) is 41.5 Å². The minimum atomic E-state index is 0.806. The molecule has 1 N–H and O–H groups in total. The highest BCUT2D eigenvalue weighted by Crippen LogP contribution is 2.28. The second-order valence-electron chi connectivity index (χ2n) is 4.76. The molecule has 0 aliphatic rings. The molecule has 0 aliphatic heterocycles. The molecule has 2 heterocycles. The first-order valence-electron chi connectivity index (χ1n) is 6.35. The number of fused-ring (bicyclic) bond motifs is 1. The summed E-state index contributed by atoms with van der Waals surface area (Å²) in [6.07, 6.45) is 3.70. The van der Waals surface area contributed by atoms with Gasteiger partial charge in [0.05, 0.1) is 0 Å². The number of nitrogens with zero attached hydrogens (tertiary/aromatic N) is 1. The van der Waals surface area contributed by atoms with Gasteiger partial charge in [0.1, 0.15) is 11.3 Å². The van der Waals surface area contributed by atoms with Gasteiger partial charge in [-0.3, -0.25) is 4.98 Å². The highest BCUT2D eigenvalue weighted by atomic mass is 16.3. The van der Waals surface area contributed by atoms with Gasteiger partial charge in [-0.15, -0.1) is 0 Å². The second-order valence-corrected chi connectivity index (χ2v) is 4.76. The molecule has 96 valence electrons. The van der Waals surface area contributed by atoms with Gasteiger partial charge in [0.15, 0.2) is 0 Å². The van der Waals surface area contributed by atoms with Crippen molar-refractivity contribution >= 4 is 11.0 Å². The minimum Gasteiger partial charge on any atom is -0.456 e. The third-order valence-corrected chi connectivity index (χ3v) is 3.13. The largest absolute Gasteiger partial charge is 0.456 e. The highest BCUT2D eigenvalue weighted by molar-refractivity contribution is 5.83.